The number of nitrogens with one attached hydrogen (secondary N) is 1. The van der Waals surface area contributed by atoms with Crippen LogP contribution in [0.5, 0.6) is 5.88 Å². The van der Waals surface area contributed by atoms with E-state index in [0.29, 0.717) is 6.54 Å². The van der Waals surface area contributed by atoms with Gasteiger partial charge in [-0.3, -0.25) is 0 Å². The fourth-order valence-corrected chi connectivity index (χ4v) is 1.14. The van der Waals surface area contributed by atoms with Crippen LogP contribution in [0.4, 0.5) is 13.2 Å². The highest BCUT2D eigenvalue weighted by molar-refractivity contribution is 5.17. The smallest absolute Gasteiger partial charge is 0.392 e. The van der Waals surface area contributed by atoms with Gasteiger partial charge in [0.1, 0.15) is 0 Å². The van der Waals surface area contributed by atoms with Crippen molar-refractivity contribution in [3.8, 4) is 5.88 Å². The largest absolute Gasteiger partial charge is 0.477 e. The minimum absolute atomic E-state index is 0.217. The molecule has 3 nitrogen and oxygen atoms in total. The first-order valence-corrected chi connectivity index (χ1v) is 5.36. The van der Waals surface area contributed by atoms with Gasteiger partial charge in [-0.05, 0) is 12.1 Å². The first-order valence-electron chi connectivity index (χ1n) is 5.36. The van der Waals surface area contributed by atoms with Gasteiger partial charge in [0.05, 0.1) is 13.0 Å². The van der Waals surface area contributed by atoms with Crippen molar-refractivity contribution in [1.29, 1.82) is 0 Å². The van der Waals surface area contributed by atoms with Gasteiger partial charge >= 0.3 is 6.18 Å². The lowest BCUT2D eigenvalue weighted by Gasteiger charge is -2.08. The first-order chi connectivity index (χ1) is 8.01. The lowest BCUT2D eigenvalue weighted by molar-refractivity contribution is -0.139. The fraction of sp³-hybridized carbons (Fsp3) is 0.545. The van der Waals surface area contributed by atoms with Gasteiger partial charge in [0.15, 0.2) is 0 Å². The van der Waals surface area contributed by atoms with E-state index in [9.17, 15) is 13.2 Å². The number of halogens is 3. The molecule has 1 aromatic rings. The zero-order valence-corrected chi connectivity index (χ0v) is 9.55. The first kappa shape index (κ1) is 13.8. The molecule has 0 atom stereocenters. The van der Waals surface area contributed by atoms with E-state index in [1.54, 1.807) is 18.3 Å². The maximum absolute atomic E-state index is 11.9. The van der Waals surface area contributed by atoms with Gasteiger partial charge in [0.2, 0.25) is 5.88 Å². The normalized spacial score (nSPS) is 11.5. The lowest BCUT2D eigenvalue weighted by atomic mass is 10.3. The van der Waals surface area contributed by atoms with E-state index in [0.717, 1.165) is 12.1 Å². The third kappa shape index (κ3) is 6.11. The summed E-state index contributed by atoms with van der Waals surface area (Å²) >= 11 is 0. The molecular formula is C11H15F3N2O. The van der Waals surface area contributed by atoms with Crippen LogP contribution in [0.15, 0.2) is 18.3 Å². The second-order valence-corrected chi connectivity index (χ2v) is 3.50. The molecule has 0 aliphatic rings. The standard InChI is InChI=1S/C11H15F3N2O/c1-2-15-7-9-3-4-10(16-8-9)17-6-5-11(12,13)14/h3-4,8,15H,2,5-7H2,1H3. The Morgan fingerprint density at radius 1 is 1.35 bits per heavy atom. The number of hydrogen-bond acceptors (Lipinski definition) is 3. The van der Waals surface area contributed by atoms with Gasteiger partial charge in [-0.1, -0.05) is 13.0 Å². The van der Waals surface area contributed by atoms with Gasteiger partial charge in [-0.2, -0.15) is 13.2 Å². The molecule has 96 valence electrons. The Morgan fingerprint density at radius 3 is 2.65 bits per heavy atom. The third-order valence-electron chi connectivity index (χ3n) is 2.01. The van der Waals surface area contributed by atoms with Gasteiger partial charge in [0, 0.05) is 18.8 Å². The maximum atomic E-state index is 11.9. The van der Waals surface area contributed by atoms with E-state index in [1.807, 2.05) is 6.92 Å². The molecule has 0 radical (unpaired) electrons. The highest BCUT2D eigenvalue weighted by atomic mass is 19.4. The van der Waals surface area contributed by atoms with E-state index in [2.05, 4.69) is 10.3 Å². The number of nitrogens with zero attached hydrogens (tertiary/aromatic N) is 1. The number of hydrogen-bond donors (Lipinski definition) is 1. The second-order valence-electron chi connectivity index (χ2n) is 3.50. The average Bonchev–Trinajstić information content (AvgIpc) is 2.26. The van der Waals surface area contributed by atoms with Crippen LogP contribution in [0.1, 0.15) is 18.9 Å². The molecule has 0 spiro atoms. The molecule has 1 rings (SSSR count). The molecule has 0 unspecified atom stereocenters. The molecule has 1 aromatic heterocycles. The Balaban J connectivity index is 2.35. The van der Waals surface area contributed by atoms with Crippen LogP contribution in [0, 0.1) is 0 Å². The highest BCUT2D eigenvalue weighted by Gasteiger charge is 2.26. The monoisotopic (exact) mass is 248 g/mol. The van der Waals surface area contributed by atoms with E-state index in [1.165, 1.54) is 0 Å². The summed E-state index contributed by atoms with van der Waals surface area (Å²) in [6.45, 7) is 3.13. The van der Waals surface area contributed by atoms with Crippen molar-refractivity contribution in [3.63, 3.8) is 0 Å². The summed E-state index contributed by atoms with van der Waals surface area (Å²) in [6.07, 6.45) is -3.57. The maximum Gasteiger partial charge on any atom is 0.392 e. The zero-order chi connectivity index (χ0) is 12.7. The molecule has 0 bridgehead atoms. The average molecular weight is 248 g/mol. The van der Waals surface area contributed by atoms with Gasteiger partial charge in [-0.15, -0.1) is 0 Å². The Hall–Kier alpha value is -1.30. The minimum Gasteiger partial charge on any atom is -0.477 e. The number of rotatable bonds is 6. The van der Waals surface area contributed by atoms with Gasteiger partial charge in [-0.25, -0.2) is 4.98 Å². The van der Waals surface area contributed by atoms with Crippen molar-refractivity contribution in [2.24, 2.45) is 0 Å². The van der Waals surface area contributed by atoms with Crippen LogP contribution in [0.2, 0.25) is 0 Å². The summed E-state index contributed by atoms with van der Waals surface area (Å²) in [5.74, 6) is 0.217. The quantitative estimate of drug-likeness (QED) is 0.840. The number of alkyl halides is 3. The van der Waals surface area contributed by atoms with Crippen LogP contribution < -0.4 is 10.1 Å². The van der Waals surface area contributed by atoms with Crippen LogP contribution >= 0.6 is 0 Å². The fourth-order valence-electron chi connectivity index (χ4n) is 1.14. The Labute approximate surface area is 98.0 Å². The molecule has 0 aliphatic carbocycles. The molecule has 17 heavy (non-hydrogen) atoms. The van der Waals surface area contributed by atoms with Crippen LogP contribution in [-0.4, -0.2) is 24.3 Å². The molecule has 0 fully saturated rings. The second kappa shape index (κ2) is 6.44. The van der Waals surface area contributed by atoms with Crippen LogP contribution in [0.25, 0.3) is 0 Å². The predicted octanol–water partition coefficient (Wildman–Crippen LogP) is 2.52. The molecule has 0 aromatic carbocycles. The summed E-state index contributed by atoms with van der Waals surface area (Å²) in [5, 5.41) is 3.12. The van der Waals surface area contributed by atoms with Gasteiger partial charge in [0.25, 0.3) is 0 Å². The molecular weight excluding hydrogens is 233 g/mol. The summed E-state index contributed by atoms with van der Waals surface area (Å²) in [5.41, 5.74) is 0.968. The van der Waals surface area contributed by atoms with Crippen molar-refractivity contribution in [2.75, 3.05) is 13.2 Å². The zero-order valence-electron chi connectivity index (χ0n) is 9.55. The number of pyridine rings is 1. The lowest BCUT2D eigenvalue weighted by Crippen LogP contribution is -2.14. The number of aromatic nitrogens is 1. The molecule has 0 saturated carbocycles. The SMILES string of the molecule is CCNCc1ccc(OCCC(F)(F)F)nc1. The third-order valence-corrected chi connectivity index (χ3v) is 2.01. The van der Waals surface area contributed by atoms with Crippen molar-refractivity contribution >= 4 is 0 Å². The molecule has 1 N–H and O–H groups in total. The van der Waals surface area contributed by atoms with E-state index in [-0.39, 0.29) is 5.88 Å². The summed E-state index contributed by atoms with van der Waals surface area (Å²) < 4.78 is 40.4. The minimum atomic E-state index is -4.19. The molecule has 0 amide bonds. The van der Waals surface area contributed by atoms with Crippen molar-refractivity contribution in [2.45, 2.75) is 26.1 Å². The van der Waals surface area contributed by atoms with Crippen molar-refractivity contribution in [1.82, 2.24) is 10.3 Å². The van der Waals surface area contributed by atoms with E-state index >= 15 is 0 Å². The van der Waals surface area contributed by atoms with Crippen LogP contribution in [-0.2, 0) is 6.54 Å². The Bertz CT molecular complexity index is 324. The van der Waals surface area contributed by atoms with Crippen LogP contribution in [0.3, 0.4) is 0 Å². The van der Waals surface area contributed by atoms with E-state index in [4.69, 9.17) is 4.74 Å². The molecule has 0 aliphatic heterocycles. The van der Waals surface area contributed by atoms with Crippen molar-refractivity contribution < 1.29 is 17.9 Å². The highest BCUT2D eigenvalue weighted by Crippen LogP contribution is 2.19. The predicted molar refractivity (Wildman–Crippen MR) is 57.8 cm³/mol. The van der Waals surface area contributed by atoms with Crippen molar-refractivity contribution in [3.05, 3.63) is 23.9 Å². The Morgan fingerprint density at radius 2 is 2.12 bits per heavy atom. The number of ether oxygens (including phenoxy) is 1. The summed E-state index contributed by atoms with van der Waals surface area (Å²) in [7, 11) is 0. The summed E-state index contributed by atoms with van der Waals surface area (Å²) in [4.78, 5) is 3.92. The molecule has 6 heteroatoms. The van der Waals surface area contributed by atoms with E-state index < -0.39 is 19.2 Å². The summed E-state index contributed by atoms with van der Waals surface area (Å²) in [6, 6.07) is 3.35. The Kier molecular flexibility index (Phi) is 5.21. The molecule has 1 heterocycles. The molecule has 0 saturated heterocycles. The van der Waals surface area contributed by atoms with Gasteiger partial charge < -0.3 is 10.1 Å². The topological polar surface area (TPSA) is 34.1 Å².